The van der Waals surface area contributed by atoms with Crippen LogP contribution in [0.15, 0.2) is 91.0 Å². The van der Waals surface area contributed by atoms with E-state index >= 15 is 0 Å². The van der Waals surface area contributed by atoms with Crippen LogP contribution in [0.3, 0.4) is 0 Å². The third-order valence-corrected chi connectivity index (χ3v) is 3.88. The lowest BCUT2D eigenvalue weighted by atomic mass is 10.1. The van der Waals surface area contributed by atoms with Gasteiger partial charge in [0.2, 0.25) is 0 Å². The lowest BCUT2D eigenvalue weighted by Crippen LogP contribution is -2.43. The standard InChI is InChI=1S/C23H20N2O3/c26-22(16-11-18-7-3-1-4-8-18)24-25-23(27)17-28-21-14-12-20(13-15-21)19-9-5-2-6-10-19/h1-16H,17H2,(H,24,26)(H,25,27). The van der Waals surface area contributed by atoms with Crippen molar-refractivity contribution in [2.75, 3.05) is 6.61 Å². The van der Waals surface area contributed by atoms with Crippen molar-refractivity contribution in [2.45, 2.75) is 0 Å². The Morgan fingerprint density at radius 2 is 1.36 bits per heavy atom. The average Bonchev–Trinajstić information content (AvgIpc) is 2.76. The molecule has 0 aliphatic carbocycles. The van der Waals surface area contributed by atoms with Gasteiger partial charge in [-0.2, -0.15) is 0 Å². The van der Waals surface area contributed by atoms with Gasteiger partial charge in [0, 0.05) is 6.08 Å². The Morgan fingerprint density at radius 3 is 2.04 bits per heavy atom. The lowest BCUT2D eigenvalue weighted by molar-refractivity contribution is -0.128. The maximum Gasteiger partial charge on any atom is 0.276 e. The van der Waals surface area contributed by atoms with Crippen LogP contribution in [-0.4, -0.2) is 18.4 Å². The zero-order valence-electron chi connectivity index (χ0n) is 15.2. The van der Waals surface area contributed by atoms with Crippen LogP contribution < -0.4 is 15.6 Å². The number of carbonyl (C=O) groups excluding carboxylic acids is 2. The molecular formula is C23H20N2O3. The van der Waals surface area contributed by atoms with Gasteiger partial charge >= 0.3 is 0 Å². The third kappa shape index (κ3) is 5.85. The molecule has 0 radical (unpaired) electrons. The number of hydrogen-bond acceptors (Lipinski definition) is 3. The molecular weight excluding hydrogens is 352 g/mol. The van der Waals surface area contributed by atoms with Crippen molar-refractivity contribution in [1.29, 1.82) is 0 Å². The van der Waals surface area contributed by atoms with Crippen LogP contribution in [0.2, 0.25) is 0 Å². The number of amides is 2. The van der Waals surface area contributed by atoms with E-state index in [2.05, 4.69) is 10.9 Å². The molecule has 3 rings (SSSR count). The van der Waals surface area contributed by atoms with Gasteiger partial charge in [-0.05, 0) is 34.9 Å². The number of rotatable bonds is 6. The van der Waals surface area contributed by atoms with Gasteiger partial charge in [-0.15, -0.1) is 0 Å². The van der Waals surface area contributed by atoms with Gasteiger partial charge in [0.1, 0.15) is 5.75 Å². The van der Waals surface area contributed by atoms with Crippen molar-refractivity contribution in [1.82, 2.24) is 10.9 Å². The smallest absolute Gasteiger partial charge is 0.276 e. The molecule has 0 aliphatic heterocycles. The number of hydrazine groups is 1. The van der Waals surface area contributed by atoms with E-state index in [4.69, 9.17) is 4.74 Å². The molecule has 0 spiro atoms. The van der Waals surface area contributed by atoms with Crippen molar-refractivity contribution in [3.05, 3.63) is 96.6 Å². The largest absolute Gasteiger partial charge is 0.484 e. The Hall–Kier alpha value is -3.86. The van der Waals surface area contributed by atoms with E-state index in [1.807, 2.05) is 72.8 Å². The number of ether oxygens (including phenoxy) is 1. The minimum atomic E-state index is -0.450. The summed E-state index contributed by atoms with van der Waals surface area (Å²) < 4.78 is 5.44. The van der Waals surface area contributed by atoms with Gasteiger partial charge in [-0.1, -0.05) is 72.8 Å². The summed E-state index contributed by atoms with van der Waals surface area (Å²) in [7, 11) is 0. The lowest BCUT2D eigenvalue weighted by Gasteiger charge is -2.08. The molecule has 2 amide bonds. The molecule has 0 fully saturated rings. The van der Waals surface area contributed by atoms with Gasteiger partial charge in [0.05, 0.1) is 0 Å². The molecule has 2 N–H and O–H groups in total. The summed E-state index contributed by atoms with van der Waals surface area (Å²) in [6.07, 6.45) is 3.01. The fourth-order valence-corrected chi connectivity index (χ4v) is 2.47. The third-order valence-electron chi connectivity index (χ3n) is 3.88. The Labute approximate surface area is 163 Å². The van der Waals surface area contributed by atoms with Crippen LogP contribution in [0.5, 0.6) is 5.75 Å². The first-order chi connectivity index (χ1) is 13.7. The first kappa shape index (κ1) is 18.9. The predicted molar refractivity (Wildman–Crippen MR) is 109 cm³/mol. The molecule has 0 heterocycles. The van der Waals surface area contributed by atoms with Crippen LogP contribution in [0.1, 0.15) is 5.56 Å². The summed E-state index contributed by atoms with van der Waals surface area (Å²) in [5.41, 5.74) is 7.69. The van der Waals surface area contributed by atoms with Gasteiger partial charge in [0.25, 0.3) is 11.8 Å². The summed E-state index contributed by atoms with van der Waals surface area (Å²) in [5.74, 6) is -0.303. The molecule has 0 aromatic heterocycles. The first-order valence-corrected chi connectivity index (χ1v) is 8.81. The quantitative estimate of drug-likeness (QED) is 0.513. The SMILES string of the molecule is O=C(C=Cc1ccccc1)NNC(=O)COc1ccc(-c2ccccc2)cc1. The Kier molecular flexibility index (Phi) is 6.57. The molecule has 140 valence electrons. The predicted octanol–water partition coefficient (Wildman–Crippen LogP) is 3.59. The van der Waals surface area contributed by atoms with E-state index in [9.17, 15) is 9.59 Å². The monoisotopic (exact) mass is 372 g/mol. The summed E-state index contributed by atoms with van der Waals surface area (Å²) in [6, 6.07) is 26.8. The molecule has 0 saturated heterocycles. The number of hydrogen-bond donors (Lipinski definition) is 2. The van der Waals surface area contributed by atoms with E-state index < -0.39 is 11.8 Å². The Bertz CT molecular complexity index is 937. The Morgan fingerprint density at radius 1 is 0.750 bits per heavy atom. The van der Waals surface area contributed by atoms with Crippen molar-refractivity contribution >= 4 is 17.9 Å². The van der Waals surface area contributed by atoms with E-state index in [1.165, 1.54) is 6.08 Å². The van der Waals surface area contributed by atoms with Crippen LogP contribution in [0.25, 0.3) is 17.2 Å². The van der Waals surface area contributed by atoms with Gasteiger partial charge < -0.3 is 4.74 Å². The maximum absolute atomic E-state index is 11.8. The van der Waals surface area contributed by atoms with Crippen LogP contribution >= 0.6 is 0 Å². The summed E-state index contributed by atoms with van der Waals surface area (Å²) >= 11 is 0. The fourth-order valence-electron chi connectivity index (χ4n) is 2.47. The first-order valence-electron chi connectivity index (χ1n) is 8.81. The summed E-state index contributed by atoms with van der Waals surface area (Å²) in [4.78, 5) is 23.5. The molecule has 3 aromatic rings. The molecule has 0 aliphatic rings. The molecule has 3 aromatic carbocycles. The minimum Gasteiger partial charge on any atom is -0.484 e. The highest BCUT2D eigenvalue weighted by Gasteiger charge is 2.04. The van der Waals surface area contributed by atoms with E-state index in [1.54, 1.807) is 18.2 Å². The number of carbonyl (C=O) groups is 2. The van der Waals surface area contributed by atoms with E-state index in [0.717, 1.165) is 16.7 Å². The molecule has 5 heteroatoms. The normalized spacial score (nSPS) is 10.4. The van der Waals surface area contributed by atoms with E-state index in [-0.39, 0.29) is 6.61 Å². The topological polar surface area (TPSA) is 67.4 Å². The molecule has 0 unspecified atom stereocenters. The van der Waals surface area contributed by atoms with Crippen LogP contribution in [0.4, 0.5) is 0 Å². The highest BCUT2D eigenvalue weighted by atomic mass is 16.5. The second-order valence-corrected chi connectivity index (χ2v) is 5.96. The zero-order valence-corrected chi connectivity index (χ0v) is 15.2. The molecule has 28 heavy (non-hydrogen) atoms. The second kappa shape index (κ2) is 9.73. The average molecular weight is 372 g/mol. The summed E-state index contributed by atoms with van der Waals surface area (Å²) in [6.45, 7) is -0.201. The van der Waals surface area contributed by atoms with Gasteiger partial charge in [0.15, 0.2) is 6.61 Å². The maximum atomic E-state index is 11.8. The van der Waals surface area contributed by atoms with Crippen LogP contribution in [-0.2, 0) is 9.59 Å². The second-order valence-electron chi connectivity index (χ2n) is 5.96. The highest BCUT2D eigenvalue weighted by molar-refractivity contribution is 5.93. The van der Waals surface area contributed by atoms with Gasteiger partial charge in [-0.3, -0.25) is 20.4 Å². The Balaban J connectivity index is 1.42. The number of nitrogens with one attached hydrogen (secondary N) is 2. The molecule has 0 saturated carbocycles. The number of benzene rings is 3. The molecule has 5 nitrogen and oxygen atoms in total. The van der Waals surface area contributed by atoms with E-state index in [0.29, 0.717) is 5.75 Å². The van der Waals surface area contributed by atoms with Crippen molar-refractivity contribution in [3.8, 4) is 16.9 Å². The molecule has 0 atom stereocenters. The minimum absolute atomic E-state index is 0.201. The zero-order chi connectivity index (χ0) is 19.6. The van der Waals surface area contributed by atoms with Crippen LogP contribution in [0, 0.1) is 0 Å². The van der Waals surface area contributed by atoms with Crippen molar-refractivity contribution < 1.29 is 14.3 Å². The van der Waals surface area contributed by atoms with Gasteiger partial charge in [-0.25, -0.2) is 0 Å². The highest BCUT2D eigenvalue weighted by Crippen LogP contribution is 2.21. The summed E-state index contributed by atoms with van der Waals surface area (Å²) in [5, 5.41) is 0. The van der Waals surface area contributed by atoms with Crippen molar-refractivity contribution in [3.63, 3.8) is 0 Å². The fraction of sp³-hybridized carbons (Fsp3) is 0.0435. The van der Waals surface area contributed by atoms with Crippen molar-refractivity contribution in [2.24, 2.45) is 0 Å². The molecule has 0 bridgehead atoms.